The molecule has 1 saturated heterocycles. The maximum atomic E-state index is 13.2. The lowest BCUT2D eigenvalue weighted by atomic mass is 9.89. The quantitative estimate of drug-likeness (QED) is 0.434. The minimum absolute atomic E-state index is 0.0267. The number of likely N-dealkylation sites (tertiary alicyclic amines) is 1. The molecule has 188 valence electrons. The number of carbonyl (C=O) groups is 1. The molecule has 0 spiro atoms. The van der Waals surface area contributed by atoms with Gasteiger partial charge in [0, 0.05) is 27.8 Å². The van der Waals surface area contributed by atoms with E-state index in [4.69, 9.17) is 5.14 Å². The molecule has 0 atom stereocenters. The molecule has 1 fully saturated rings. The van der Waals surface area contributed by atoms with E-state index in [1.54, 1.807) is 36.0 Å². The number of hydrogen-bond acceptors (Lipinski definition) is 6. The molecule has 3 aromatic rings. The Morgan fingerprint density at radius 1 is 0.944 bits per heavy atom. The molecule has 0 radical (unpaired) electrons. The third-order valence-electron chi connectivity index (χ3n) is 6.87. The molecule has 36 heavy (non-hydrogen) atoms. The molecule has 9 heteroatoms. The predicted molar refractivity (Wildman–Crippen MR) is 140 cm³/mol. The zero-order valence-electron chi connectivity index (χ0n) is 19.8. The van der Waals surface area contributed by atoms with Crippen molar-refractivity contribution in [2.24, 2.45) is 11.1 Å². The van der Waals surface area contributed by atoms with Crippen LogP contribution in [0.3, 0.4) is 0 Å². The molecular weight excluding hydrogens is 497 g/mol. The van der Waals surface area contributed by atoms with Crippen LogP contribution in [-0.2, 0) is 10.0 Å². The van der Waals surface area contributed by atoms with E-state index in [1.165, 1.54) is 12.1 Å². The Kier molecular flexibility index (Phi) is 7.16. The number of nitrogens with zero attached hydrogens (tertiary/aromatic N) is 2. The monoisotopic (exact) mass is 525 g/mol. The van der Waals surface area contributed by atoms with E-state index in [1.807, 2.05) is 18.2 Å². The highest BCUT2D eigenvalue weighted by Crippen LogP contribution is 2.48. The fraction of sp³-hybridized carbons (Fsp3) is 0.296. The Hall–Kier alpha value is -2.72. The lowest BCUT2D eigenvalue weighted by molar-refractivity contribution is 0.0840. The zero-order valence-corrected chi connectivity index (χ0v) is 21.4. The summed E-state index contributed by atoms with van der Waals surface area (Å²) < 4.78 is 37.1. The average Bonchev–Trinajstić information content (AvgIpc) is 2.88. The van der Waals surface area contributed by atoms with Gasteiger partial charge in [0.1, 0.15) is 5.82 Å². The molecule has 2 aliphatic rings. The Morgan fingerprint density at radius 2 is 1.64 bits per heavy atom. The molecule has 0 amide bonds. The second-order valence-electron chi connectivity index (χ2n) is 9.24. The third-order valence-corrected chi connectivity index (χ3v) is 8.91. The van der Waals surface area contributed by atoms with Gasteiger partial charge in [0.2, 0.25) is 10.0 Å². The number of piperidine rings is 1. The van der Waals surface area contributed by atoms with Gasteiger partial charge in [-0.25, -0.2) is 17.9 Å². The first-order valence-electron chi connectivity index (χ1n) is 12.0. The van der Waals surface area contributed by atoms with Gasteiger partial charge in [-0.3, -0.25) is 4.79 Å². The minimum atomic E-state index is -3.80. The number of nitrogens with two attached hydrogens (primary N) is 1. The highest BCUT2D eigenvalue weighted by Gasteiger charge is 2.27. The molecular formula is C27H28FN3O3S2. The lowest BCUT2D eigenvalue weighted by Crippen LogP contribution is -2.38. The second kappa shape index (κ2) is 10.3. The van der Waals surface area contributed by atoms with Crippen LogP contribution in [0.15, 0.2) is 81.4 Å². The van der Waals surface area contributed by atoms with Crippen molar-refractivity contribution in [1.29, 1.82) is 0 Å². The first-order chi connectivity index (χ1) is 17.3. The number of carbonyl (C=O) groups excluding carboxylic acids is 1. The Balaban J connectivity index is 1.23. The molecule has 3 aromatic carbocycles. The van der Waals surface area contributed by atoms with Gasteiger partial charge < -0.3 is 9.80 Å². The summed E-state index contributed by atoms with van der Waals surface area (Å²) in [5.74, 6) is -0.264. The first-order valence-corrected chi connectivity index (χ1v) is 14.4. The SMILES string of the molecule is NS(=O)(=O)c1ccc2c(c1)N(CCCN1CCC(C(=O)c3ccc(F)cc3)CC1)c1ccccc1S2. The van der Waals surface area contributed by atoms with Crippen LogP contribution in [0.4, 0.5) is 15.8 Å². The largest absolute Gasteiger partial charge is 0.340 e. The predicted octanol–water partition coefficient (Wildman–Crippen LogP) is 5.06. The van der Waals surface area contributed by atoms with Crippen molar-refractivity contribution in [2.45, 2.75) is 33.9 Å². The van der Waals surface area contributed by atoms with Crippen LogP contribution in [0.25, 0.3) is 0 Å². The number of Topliss-reactive ketones (excluding diaryl/α,β-unsaturated/α-hetero) is 1. The van der Waals surface area contributed by atoms with Crippen LogP contribution >= 0.6 is 11.8 Å². The van der Waals surface area contributed by atoms with Crippen LogP contribution < -0.4 is 10.0 Å². The lowest BCUT2D eigenvalue weighted by Gasteiger charge is -2.35. The number of hydrogen-bond donors (Lipinski definition) is 1. The molecule has 0 bridgehead atoms. The topological polar surface area (TPSA) is 83.7 Å². The number of ketones is 1. The van der Waals surface area contributed by atoms with Crippen molar-refractivity contribution < 1.29 is 17.6 Å². The van der Waals surface area contributed by atoms with Crippen molar-refractivity contribution in [3.05, 3.63) is 78.1 Å². The van der Waals surface area contributed by atoms with Gasteiger partial charge in [-0.05, 0) is 93.5 Å². The molecule has 0 saturated carbocycles. The third kappa shape index (κ3) is 5.34. The number of fused-ring (bicyclic) bond motifs is 2. The summed E-state index contributed by atoms with van der Waals surface area (Å²) in [6, 6.07) is 19.0. The second-order valence-corrected chi connectivity index (χ2v) is 11.9. The summed E-state index contributed by atoms with van der Waals surface area (Å²) in [6.07, 6.45) is 2.47. The molecule has 2 aliphatic heterocycles. The van der Waals surface area contributed by atoms with Crippen molar-refractivity contribution >= 4 is 38.9 Å². The standard InChI is InChI=1S/C27H28FN3O3S2/c28-21-8-6-19(7-9-21)27(32)20-12-16-30(17-13-20)14-3-15-31-23-4-1-2-5-25(23)35-26-11-10-22(18-24(26)31)36(29,33)34/h1-2,4-11,18,20H,3,12-17H2,(H2,29,33,34). The highest BCUT2D eigenvalue weighted by molar-refractivity contribution is 7.99. The van der Waals surface area contributed by atoms with E-state index in [-0.39, 0.29) is 22.4 Å². The molecule has 5 rings (SSSR count). The van der Waals surface area contributed by atoms with Gasteiger partial charge >= 0.3 is 0 Å². The van der Waals surface area contributed by atoms with Crippen molar-refractivity contribution in [1.82, 2.24) is 4.90 Å². The molecule has 6 nitrogen and oxygen atoms in total. The van der Waals surface area contributed by atoms with Gasteiger partial charge in [-0.15, -0.1) is 0 Å². The van der Waals surface area contributed by atoms with E-state index >= 15 is 0 Å². The fourth-order valence-corrected chi connectivity index (χ4v) is 6.56. The van der Waals surface area contributed by atoms with E-state index in [0.717, 1.165) is 66.6 Å². The normalized spacial score (nSPS) is 16.4. The summed E-state index contributed by atoms with van der Waals surface area (Å²) in [7, 11) is -3.80. The van der Waals surface area contributed by atoms with Gasteiger partial charge in [0.15, 0.2) is 5.78 Å². The van der Waals surface area contributed by atoms with Gasteiger partial charge in [-0.2, -0.15) is 0 Å². The van der Waals surface area contributed by atoms with Crippen LogP contribution in [0.5, 0.6) is 0 Å². The Morgan fingerprint density at radius 3 is 2.36 bits per heavy atom. The number of primary sulfonamides is 1. The highest BCUT2D eigenvalue weighted by atomic mass is 32.2. The van der Waals surface area contributed by atoms with Gasteiger partial charge in [0.25, 0.3) is 0 Å². The minimum Gasteiger partial charge on any atom is -0.340 e. The maximum absolute atomic E-state index is 13.2. The number of rotatable bonds is 7. The van der Waals surface area contributed by atoms with Crippen molar-refractivity contribution in [3.8, 4) is 0 Å². The van der Waals surface area contributed by atoms with Crippen LogP contribution in [0.2, 0.25) is 0 Å². The summed E-state index contributed by atoms with van der Waals surface area (Å²) in [5.41, 5.74) is 2.49. The summed E-state index contributed by atoms with van der Waals surface area (Å²) >= 11 is 1.63. The van der Waals surface area contributed by atoms with Crippen LogP contribution in [0.1, 0.15) is 29.6 Å². The number of benzene rings is 3. The van der Waals surface area contributed by atoms with E-state index in [9.17, 15) is 17.6 Å². The number of anilines is 2. The number of para-hydroxylation sites is 1. The molecule has 0 aromatic heterocycles. The molecule has 2 heterocycles. The first kappa shape index (κ1) is 25.0. The Labute approximate surface area is 215 Å². The smallest absolute Gasteiger partial charge is 0.238 e. The average molecular weight is 526 g/mol. The van der Waals surface area contributed by atoms with Crippen LogP contribution in [0, 0.1) is 11.7 Å². The summed E-state index contributed by atoms with van der Waals surface area (Å²) in [5, 5.41) is 5.40. The molecule has 2 N–H and O–H groups in total. The van der Waals surface area contributed by atoms with E-state index in [0.29, 0.717) is 5.56 Å². The number of halogens is 1. The maximum Gasteiger partial charge on any atom is 0.238 e. The Bertz CT molecular complexity index is 1370. The fourth-order valence-electron chi connectivity index (χ4n) is 4.95. The van der Waals surface area contributed by atoms with E-state index in [2.05, 4.69) is 21.9 Å². The van der Waals surface area contributed by atoms with Crippen molar-refractivity contribution in [2.75, 3.05) is 31.1 Å². The summed E-state index contributed by atoms with van der Waals surface area (Å²) in [6.45, 7) is 3.30. The molecule has 0 unspecified atom stereocenters. The van der Waals surface area contributed by atoms with E-state index < -0.39 is 10.0 Å². The molecule has 0 aliphatic carbocycles. The van der Waals surface area contributed by atoms with Crippen molar-refractivity contribution in [3.63, 3.8) is 0 Å². The van der Waals surface area contributed by atoms with Crippen LogP contribution in [-0.4, -0.2) is 45.3 Å². The summed E-state index contributed by atoms with van der Waals surface area (Å²) in [4.78, 5) is 19.6. The zero-order chi connectivity index (χ0) is 25.3. The van der Waals surface area contributed by atoms with Gasteiger partial charge in [0.05, 0.1) is 16.3 Å². The number of sulfonamides is 1. The van der Waals surface area contributed by atoms with Gasteiger partial charge in [-0.1, -0.05) is 23.9 Å².